The van der Waals surface area contributed by atoms with Crippen molar-refractivity contribution in [1.29, 1.82) is 0 Å². The number of nitrogens with zero attached hydrogens (tertiary/aromatic N) is 1. The number of imide groups is 1. The van der Waals surface area contributed by atoms with Gasteiger partial charge in [-0.05, 0) is 37.1 Å². The van der Waals surface area contributed by atoms with E-state index >= 15 is 0 Å². The number of fused-ring (bicyclic) bond motifs is 1. The number of likely N-dealkylation sites (tertiary alicyclic amines) is 1. The molecule has 0 saturated carbocycles. The summed E-state index contributed by atoms with van der Waals surface area (Å²) in [5, 5.41) is 11.4. The highest BCUT2D eigenvalue weighted by atomic mass is 16.4. The lowest BCUT2D eigenvalue weighted by molar-refractivity contribution is -0.142. The van der Waals surface area contributed by atoms with Gasteiger partial charge in [0.1, 0.15) is 6.54 Å². The summed E-state index contributed by atoms with van der Waals surface area (Å²) in [6.07, 6.45) is 4.84. The lowest BCUT2D eigenvalue weighted by Crippen LogP contribution is -2.38. The third-order valence-electron chi connectivity index (χ3n) is 4.32. The molecule has 3 amide bonds. The van der Waals surface area contributed by atoms with Gasteiger partial charge in [-0.3, -0.25) is 19.3 Å². The molecule has 1 aliphatic heterocycles. The maximum Gasteiger partial charge on any atom is 0.335 e. The number of carbonyl (C=O) groups is 4. The quantitative estimate of drug-likeness (QED) is 0.640. The van der Waals surface area contributed by atoms with Gasteiger partial charge in [-0.15, -0.1) is 0 Å². The summed E-state index contributed by atoms with van der Waals surface area (Å²) in [5.41, 5.74) is 0.512. The summed E-state index contributed by atoms with van der Waals surface area (Å²) in [5.74, 6) is -2.87. The van der Waals surface area contributed by atoms with Crippen LogP contribution in [0.1, 0.15) is 23.2 Å². The molecule has 2 unspecified atom stereocenters. The maximum absolute atomic E-state index is 12.3. The van der Waals surface area contributed by atoms with Crippen molar-refractivity contribution >= 4 is 29.4 Å². The van der Waals surface area contributed by atoms with Crippen molar-refractivity contribution in [1.82, 2.24) is 4.90 Å². The Hall–Kier alpha value is -2.96. The Balaban J connectivity index is 1.63. The molecule has 2 atom stereocenters. The fourth-order valence-electron chi connectivity index (χ4n) is 3.07. The number of allylic oxidation sites excluding steroid dienone is 2. The molecule has 3 rings (SSSR count). The van der Waals surface area contributed by atoms with Crippen LogP contribution in [0.3, 0.4) is 0 Å². The van der Waals surface area contributed by atoms with Gasteiger partial charge in [-0.2, -0.15) is 0 Å². The summed E-state index contributed by atoms with van der Waals surface area (Å²) in [4.78, 5) is 48.5. The minimum absolute atomic E-state index is 0.106. The van der Waals surface area contributed by atoms with Gasteiger partial charge in [0.2, 0.25) is 17.7 Å². The first-order valence-electron chi connectivity index (χ1n) is 7.61. The third-order valence-corrected chi connectivity index (χ3v) is 4.32. The van der Waals surface area contributed by atoms with Crippen LogP contribution in [0.2, 0.25) is 0 Å². The number of hydrogen-bond acceptors (Lipinski definition) is 4. The van der Waals surface area contributed by atoms with E-state index in [-0.39, 0.29) is 35.8 Å². The van der Waals surface area contributed by atoms with Crippen LogP contribution in [0, 0.1) is 11.8 Å². The van der Waals surface area contributed by atoms with Crippen LogP contribution in [0.5, 0.6) is 0 Å². The molecule has 0 spiro atoms. The van der Waals surface area contributed by atoms with Gasteiger partial charge in [0, 0.05) is 5.69 Å². The Morgan fingerprint density at radius 2 is 1.58 bits per heavy atom. The molecule has 1 aliphatic carbocycles. The number of hydrogen-bond donors (Lipinski definition) is 2. The van der Waals surface area contributed by atoms with E-state index in [0.29, 0.717) is 18.5 Å². The molecule has 0 bridgehead atoms. The highest BCUT2D eigenvalue weighted by Crippen LogP contribution is 2.34. The molecule has 124 valence electrons. The van der Waals surface area contributed by atoms with Crippen molar-refractivity contribution in [3.8, 4) is 0 Å². The normalized spacial score (nSPS) is 22.4. The first-order chi connectivity index (χ1) is 11.5. The number of benzene rings is 1. The molecule has 7 nitrogen and oxygen atoms in total. The Morgan fingerprint density at radius 3 is 2.08 bits per heavy atom. The predicted octanol–water partition coefficient (Wildman–Crippen LogP) is 1.27. The second-order valence-corrected chi connectivity index (χ2v) is 5.85. The first-order valence-corrected chi connectivity index (χ1v) is 7.61. The van der Waals surface area contributed by atoms with Gasteiger partial charge in [-0.25, -0.2) is 4.79 Å². The highest BCUT2D eigenvalue weighted by molar-refractivity contribution is 6.08. The van der Waals surface area contributed by atoms with E-state index in [2.05, 4.69) is 5.32 Å². The molecule has 1 aromatic carbocycles. The molecule has 1 aromatic rings. The number of aromatic carboxylic acids is 1. The van der Waals surface area contributed by atoms with Crippen molar-refractivity contribution < 1.29 is 24.3 Å². The lowest BCUT2D eigenvalue weighted by atomic mass is 9.85. The number of carboxylic acid groups (broad SMARTS) is 1. The summed E-state index contributed by atoms with van der Waals surface area (Å²) < 4.78 is 0. The van der Waals surface area contributed by atoms with E-state index in [9.17, 15) is 19.2 Å². The Labute approximate surface area is 137 Å². The summed E-state index contributed by atoms with van der Waals surface area (Å²) in [7, 11) is 0. The Bertz CT molecular complexity index is 712. The molecule has 1 saturated heterocycles. The molecule has 7 heteroatoms. The zero-order chi connectivity index (χ0) is 17.3. The van der Waals surface area contributed by atoms with Crippen molar-refractivity contribution in [2.75, 3.05) is 11.9 Å². The van der Waals surface area contributed by atoms with Crippen LogP contribution in [-0.4, -0.2) is 40.2 Å². The van der Waals surface area contributed by atoms with Gasteiger partial charge in [0.15, 0.2) is 0 Å². The van der Waals surface area contributed by atoms with Gasteiger partial charge in [-0.1, -0.05) is 12.2 Å². The minimum Gasteiger partial charge on any atom is -0.478 e. The molecule has 1 heterocycles. The number of carbonyl (C=O) groups excluding carboxylic acids is 3. The topological polar surface area (TPSA) is 104 Å². The van der Waals surface area contributed by atoms with Crippen LogP contribution < -0.4 is 5.32 Å². The summed E-state index contributed by atoms with van der Waals surface area (Å²) in [6.45, 7) is -0.328. The van der Waals surface area contributed by atoms with Crippen molar-refractivity contribution in [3.63, 3.8) is 0 Å². The van der Waals surface area contributed by atoms with Gasteiger partial charge < -0.3 is 10.4 Å². The molecule has 1 fully saturated rings. The van der Waals surface area contributed by atoms with Crippen LogP contribution >= 0.6 is 0 Å². The van der Waals surface area contributed by atoms with Crippen molar-refractivity contribution in [3.05, 3.63) is 42.0 Å². The maximum atomic E-state index is 12.3. The average Bonchev–Trinajstić information content (AvgIpc) is 2.81. The number of anilines is 1. The van der Waals surface area contributed by atoms with E-state index in [1.54, 1.807) is 0 Å². The Kier molecular flexibility index (Phi) is 4.16. The van der Waals surface area contributed by atoms with E-state index in [1.807, 2.05) is 12.2 Å². The fourth-order valence-corrected chi connectivity index (χ4v) is 3.07. The standard InChI is InChI=1S/C17H16N2O5/c20-14(18-11-7-5-10(6-8-11)17(23)24)9-19-15(21)12-3-1-2-4-13(12)16(19)22/h1-2,5-8,12-13H,3-4,9H2,(H,18,20)(H,23,24). The van der Waals surface area contributed by atoms with Gasteiger partial charge in [0.25, 0.3) is 0 Å². The Morgan fingerprint density at radius 1 is 1.04 bits per heavy atom. The zero-order valence-corrected chi connectivity index (χ0v) is 12.8. The summed E-state index contributed by atoms with van der Waals surface area (Å²) >= 11 is 0. The molecule has 0 aromatic heterocycles. The van der Waals surface area contributed by atoms with Gasteiger partial charge in [0.05, 0.1) is 17.4 Å². The SMILES string of the molecule is O=C(CN1C(=O)C2CC=CCC2C1=O)Nc1ccc(C(=O)O)cc1. The van der Waals surface area contributed by atoms with E-state index < -0.39 is 11.9 Å². The monoisotopic (exact) mass is 328 g/mol. The van der Waals surface area contributed by atoms with Crippen molar-refractivity contribution in [2.24, 2.45) is 11.8 Å². The molecule has 2 aliphatic rings. The van der Waals surface area contributed by atoms with Crippen molar-refractivity contribution in [2.45, 2.75) is 12.8 Å². The van der Waals surface area contributed by atoms with E-state index in [0.717, 1.165) is 4.90 Å². The van der Waals surface area contributed by atoms with Crippen LogP contribution in [0.4, 0.5) is 5.69 Å². The first kappa shape index (κ1) is 15.9. The van der Waals surface area contributed by atoms with Crippen LogP contribution in [0.15, 0.2) is 36.4 Å². The largest absolute Gasteiger partial charge is 0.478 e. The lowest BCUT2D eigenvalue weighted by Gasteiger charge is -2.14. The molecule has 24 heavy (non-hydrogen) atoms. The van der Waals surface area contributed by atoms with Crippen LogP contribution in [-0.2, 0) is 14.4 Å². The minimum atomic E-state index is -1.06. The number of rotatable bonds is 4. The van der Waals surface area contributed by atoms with E-state index in [1.165, 1.54) is 24.3 Å². The third kappa shape index (κ3) is 2.92. The molecular formula is C17H16N2O5. The summed E-state index contributed by atoms with van der Waals surface area (Å²) in [6, 6.07) is 5.64. The zero-order valence-electron chi connectivity index (χ0n) is 12.8. The molecular weight excluding hydrogens is 312 g/mol. The number of carboxylic acids is 1. The van der Waals surface area contributed by atoms with Crippen LogP contribution in [0.25, 0.3) is 0 Å². The second kappa shape index (κ2) is 6.27. The number of nitrogens with one attached hydrogen (secondary N) is 1. The average molecular weight is 328 g/mol. The fraction of sp³-hybridized carbons (Fsp3) is 0.294. The number of amides is 3. The highest BCUT2D eigenvalue weighted by Gasteiger charge is 2.47. The van der Waals surface area contributed by atoms with E-state index in [4.69, 9.17) is 5.11 Å². The molecule has 2 N–H and O–H groups in total. The van der Waals surface area contributed by atoms with Gasteiger partial charge >= 0.3 is 5.97 Å². The smallest absolute Gasteiger partial charge is 0.335 e. The molecule has 0 radical (unpaired) electrons. The predicted molar refractivity (Wildman–Crippen MR) is 84.1 cm³/mol. The second-order valence-electron chi connectivity index (χ2n) is 5.85.